The number of rotatable bonds is 4. The molecule has 1 atom stereocenters. The molecule has 1 amide bonds. The summed E-state index contributed by atoms with van der Waals surface area (Å²) < 4.78 is 26.0. The van der Waals surface area contributed by atoms with E-state index >= 15 is 0 Å². The SMILES string of the molecule is CC(NS(=O)(=O)c1cnc(Cl)s1)C(=O)N(C)C. The summed E-state index contributed by atoms with van der Waals surface area (Å²) in [6.07, 6.45) is 1.15. The van der Waals surface area contributed by atoms with Gasteiger partial charge in [0.15, 0.2) is 8.68 Å². The van der Waals surface area contributed by atoms with Crippen molar-refractivity contribution in [3.63, 3.8) is 0 Å². The van der Waals surface area contributed by atoms with Crippen molar-refractivity contribution in [2.75, 3.05) is 14.1 Å². The maximum Gasteiger partial charge on any atom is 0.252 e. The molecule has 6 nitrogen and oxygen atoms in total. The Bertz CT molecular complexity index is 512. The Morgan fingerprint density at radius 2 is 2.18 bits per heavy atom. The van der Waals surface area contributed by atoms with E-state index < -0.39 is 16.1 Å². The number of carbonyl (C=O) groups excluding carboxylic acids is 1. The Morgan fingerprint density at radius 1 is 1.59 bits per heavy atom. The maximum absolute atomic E-state index is 11.8. The van der Waals surface area contributed by atoms with Gasteiger partial charge in [-0.3, -0.25) is 4.79 Å². The smallest absolute Gasteiger partial charge is 0.252 e. The van der Waals surface area contributed by atoms with E-state index in [4.69, 9.17) is 11.6 Å². The third-order valence-corrected chi connectivity index (χ3v) is 4.98. The Kier molecular flexibility index (Phi) is 4.48. The van der Waals surface area contributed by atoms with Crippen LogP contribution in [0.4, 0.5) is 0 Å². The van der Waals surface area contributed by atoms with Gasteiger partial charge in [0, 0.05) is 14.1 Å². The summed E-state index contributed by atoms with van der Waals surface area (Å²) in [6, 6.07) is -0.837. The molecule has 0 fully saturated rings. The molecule has 0 aliphatic heterocycles. The molecule has 0 aromatic carbocycles. The van der Waals surface area contributed by atoms with Crippen molar-refractivity contribution in [1.29, 1.82) is 0 Å². The van der Waals surface area contributed by atoms with Gasteiger partial charge in [-0.25, -0.2) is 13.4 Å². The molecule has 1 rings (SSSR count). The third kappa shape index (κ3) is 3.63. The van der Waals surface area contributed by atoms with Crippen LogP contribution in [0.5, 0.6) is 0 Å². The first-order chi connectivity index (χ1) is 7.74. The van der Waals surface area contributed by atoms with Crippen LogP contribution in [-0.2, 0) is 14.8 Å². The van der Waals surface area contributed by atoms with Crippen molar-refractivity contribution in [3.8, 4) is 0 Å². The molecule has 0 aliphatic rings. The van der Waals surface area contributed by atoms with Gasteiger partial charge in [0.2, 0.25) is 5.91 Å². The number of hydrogen-bond acceptors (Lipinski definition) is 5. The highest BCUT2D eigenvalue weighted by Crippen LogP contribution is 2.22. The first kappa shape index (κ1) is 14.4. The van der Waals surface area contributed by atoms with Crippen LogP contribution < -0.4 is 4.72 Å². The number of carbonyl (C=O) groups is 1. The van der Waals surface area contributed by atoms with Gasteiger partial charge in [0.05, 0.1) is 12.2 Å². The van der Waals surface area contributed by atoms with Gasteiger partial charge >= 0.3 is 0 Å². The first-order valence-electron chi connectivity index (χ1n) is 4.59. The minimum Gasteiger partial charge on any atom is -0.347 e. The van der Waals surface area contributed by atoms with Gasteiger partial charge < -0.3 is 4.90 Å². The molecular weight excluding hydrogens is 286 g/mol. The molecule has 0 saturated carbocycles. The lowest BCUT2D eigenvalue weighted by molar-refractivity contribution is -0.130. The molecule has 0 bridgehead atoms. The fraction of sp³-hybridized carbons (Fsp3) is 0.500. The fourth-order valence-corrected chi connectivity index (χ4v) is 3.60. The van der Waals surface area contributed by atoms with Crippen LogP contribution in [0.2, 0.25) is 4.47 Å². The second-order valence-electron chi connectivity index (χ2n) is 3.51. The number of likely N-dealkylation sites (N-methyl/N-ethyl adjacent to an activating group) is 1. The highest BCUT2D eigenvalue weighted by molar-refractivity contribution is 7.91. The van der Waals surface area contributed by atoms with Crippen LogP contribution in [-0.4, -0.2) is 44.3 Å². The summed E-state index contributed by atoms with van der Waals surface area (Å²) in [6.45, 7) is 1.47. The van der Waals surface area contributed by atoms with Crippen molar-refractivity contribution in [2.45, 2.75) is 17.2 Å². The van der Waals surface area contributed by atoms with Gasteiger partial charge in [0.1, 0.15) is 0 Å². The summed E-state index contributed by atoms with van der Waals surface area (Å²) >= 11 is 6.39. The average Bonchev–Trinajstić information content (AvgIpc) is 2.63. The Labute approximate surface area is 109 Å². The molecule has 1 aromatic rings. The van der Waals surface area contributed by atoms with Gasteiger partial charge in [-0.2, -0.15) is 4.72 Å². The zero-order valence-electron chi connectivity index (χ0n) is 9.47. The molecule has 1 N–H and O–H groups in total. The van der Waals surface area contributed by atoms with Gasteiger partial charge in [-0.1, -0.05) is 22.9 Å². The van der Waals surface area contributed by atoms with E-state index in [1.165, 1.54) is 11.8 Å². The van der Waals surface area contributed by atoms with E-state index in [0.717, 1.165) is 17.5 Å². The van der Waals surface area contributed by atoms with Gasteiger partial charge in [-0.05, 0) is 6.92 Å². The number of nitrogens with zero attached hydrogens (tertiary/aromatic N) is 2. The lowest BCUT2D eigenvalue weighted by Crippen LogP contribution is -2.43. The lowest BCUT2D eigenvalue weighted by Gasteiger charge is -2.17. The predicted octanol–water partition coefficient (Wildman–Crippen LogP) is 0.552. The molecule has 0 spiro atoms. The summed E-state index contributed by atoms with van der Waals surface area (Å²) in [4.78, 5) is 16.5. The largest absolute Gasteiger partial charge is 0.347 e. The van der Waals surface area contributed by atoms with Crippen LogP contribution in [0.1, 0.15) is 6.92 Å². The molecule has 1 aromatic heterocycles. The summed E-state index contributed by atoms with van der Waals surface area (Å²) in [7, 11) is -0.639. The van der Waals surface area contributed by atoms with Crippen LogP contribution >= 0.6 is 22.9 Å². The number of hydrogen-bond donors (Lipinski definition) is 1. The van der Waals surface area contributed by atoms with Crippen molar-refractivity contribution in [2.24, 2.45) is 0 Å². The standard InChI is InChI=1S/C8H12ClN3O3S2/c1-5(7(13)12(2)3)11-17(14,15)6-4-10-8(9)16-6/h4-5,11H,1-3H3. The van der Waals surface area contributed by atoms with Crippen molar-refractivity contribution >= 4 is 38.9 Å². The van der Waals surface area contributed by atoms with Crippen molar-refractivity contribution < 1.29 is 13.2 Å². The first-order valence-corrected chi connectivity index (χ1v) is 7.26. The van der Waals surface area contributed by atoms with Crippen LogP contribution in [0.25, 0.3) is 0 Å². The topological polar surface area (TPSA) is 79.4 Å². The van der Waals surface area contributed by atoms with Crippen LogP contribution in [0.3, 0.4) is 0 Å². The zero-order chi connectivity index (χ0) is 13.2. The summed E-state index contributed by atoms with van der Waals surface area (Å²) in [5.41, 5.74) is 0. The quantitative estimate of drug-likeness (QED) is 0.880. The molecule has 1 unspecified atom stereocenters. The van der Waals surface area contributed by atoms with E-state index in [0.29, 0.717) is 0 Å². The van der Waals surface area contributed by atoms with E-state index in [1.807, 2.05) is 0 Å². The van der Waals surface area contributed by atoms with E-state index in [9.17, 15) is 13.2 Å². The highest BCUT2D eigenvalue weighted by atomic mass is 35.5. The van der Waals surface area contributed by atoms with Crippen LogP contribution in [0, 0.1) is 0 Å². The zero-order valence-corrected chi connectivity index (χ0v) is 11.9. The Hall–Kier alpha value is -0.700. The number of halogens is 1. The molecule has 1 heterocycles. The third-order valence-electron chi connectivity index (χ3n) is 1.86. The van der Waals surface area contributed by atoms with Gasteiger partial charge in [0.25, 0.3) is 10.0 Å². The Morgan fingerprint density at radius 3 is 2.59 bits per heavy atom. The van der Waals surface area contributed by atoms with Crippen molar-refractivity contribution in [3.05, 3.63) is 10.7 Å². The number of amides is 1. The maximum atomic E-state index is 11.8. The monoisotopic (exact) mass is 297 g/mol. The minimum atomic E-state index is -3.74. The number of thiazole rings is 1. The number of aromatic nitrogens is 1. The number of sulfonamides is 1. The molecule has 96 valence electrons. The minimum absolute atomic E-state index is 0.0130. The van der Waals surface area contributed by atoms with Gasteiger partial charge in [-0.15, -0.1) is 0 Å². The summed E-state index contributed by atoms with van der Waals surface area (Å²) in [5, 5.41) is 0. The van der Waals surface area contributed by atoms with Crippen molar-refractivity contribution in [1.82, 2.24) is 14.6 Å². The molecule has 0 radical (unpaired) electrons. The van der Waals surface area contributed by atoms with E-state index in [-0.39, 0.29) is 14.6 Å². The summed E-state index contributed by atoms with van der Waals surface area (Å²) in [5.74, 6) is -0.329. The molecule has 0 saturated heterocycles. The van der Waals surface area contributed by atoms with Crippen LogP contribution in [0.15, 0.2) is 10.4 Å². The second kappa shape index (κ2) is 5.30. The predicted molar refractivity (Wildman–Crippen MR) is 65.6 cm³/mol. The van der Waals surface area contributed by atoms with E-state index in [2.05, 4.69) is 9.71 Å². The second-order valence-corrected chi connectivity index (χ2v) is 7.06. The Balaban J connectivity index is 2.84. The number of nitrogens with one attached hydrogen (secondary N) is 1. The highest BCUT2D eigenvalue weighted by Gasteiger charge is 2.24. The molecule has 17 heavy (non-hydrogen) atoms. The molecular formula is C8H12ClN3O3S2. The lowest BCUT2D eigenvalue weighted by atomic mass is 10.3. The van der Waals surface area contributed by atoms with E-state index in [1.54, 1.807) is 14.1 Å². The normalized spacial score (nSPS) is 13.4. The average molecular weight is 298 g/mol. The molecule has 9 heteroatoms. The fourth-order valence-electron chi connectivity index (χ4n) is 1.09. The molecule has 0 aliphatic carbocycles.